The normalized spacial score (nSPS) is 18.6. The predicted octanol–water partition coefficient (Wildman–Crippen LogP) is 5.87. The van der Waals surface area contributed by atoms with Crippen molar-refractivity contribution >= 4 is 29.9 Å². The second kappa shape index (κ2) is 24.7. The standard InChI is InChI=1S/C52H60F9N11O8/c1-49(2,51(56,57)58)41(65-47(76)78-5)43(74)64-39(19-30-10-7-29(8-11-30)9-12-31-21-62-46(63-22-31)69-24-34-15-16-35(25-69)72(34)36-27-80-28-36)40(73)26-70(68-44(75)42(66-48(77)79-6)50(3,4)52(59,60)61)23-33-14-13-32(20-37(33)53)38-17-18-71(67-38)45(54)55/h7-8,10-11,13-14,17-18,20-22,34-36,39-42,45,73H,15-16,19,23-28H2,1-6H3,(H,64,74)(H,65,76)(H,66,77)(H,68,75)/t34?,35?,39-,40-,41+,42+/m0/s1. The van der Waals surface area contributed by atoms with Gasteiger partial charge in [0, 0.05) is 73.5 Å². The van der Waals surface area contributed by atoms with Crippen LogP contribution in [0.25, 0.3) is 11.3 Å². The van der Waals surface area contributed by atoms with Crippen molar-refractivity contribution in [1.82, 2.24) is 51.0 Å². The summed E-state index contributed by atoms with van der Waals surface area (Å²) in [7, 11) is 1.66. The lowest BCUT2D eigenvalue weighted by molar-refractivity contribution is -0.221. The van der Waals surface area contributed by atoms with E-state index in [-0.39, 0.29) is 16.8 Å². The maximum absolute atomic E-state index is 16.0. The molecule has 0 saturated carbocycles. The third-order valence-corrected chi connectivity index (χ3v) is 14.6. The molecule has 2 unspecified atom stereocenters. The van der Waals surface area contributed by atoms with Crippen LogP contribution in [0.15, 0.2) is 67.1 Å². The topological polar surface area (TPSA) is 218 Å². The monoisotopic (exact) mass is 1140 g/mol. The van der Waals surface area contributed by atoms with Crippen molar-refractivity contribution in [3.63, 3.8) is 0 Å². The fourth-order valence-corrected chi connectivity index (χ4v) is 9.50. The van der Waals surface area contributed by atoms with Crippen molar-refractivity contribution in [3.05, 3.63) is 95.2 Å². The van der Waals surface area contributed by atoms with Gasteiger partial charge in [0.1, 0.15) is 17.9 Å². The molecule has 0 aliphatic carbocycles. The number of nitrogens with one attached hydrogen (secondary N) is 4. The molecule has 5 N–H and O–H groups in total. The highest BCUT2D eigenvalue weighted by atomic mass is 19.4. The largest absolute Gasteiger partial charge is 0.453 e. The van der Waals surface area contributed by atoms with Gasteiger partial charge in [-0.3, -0.25) is 19.9 Å². The zero-order valence-corrected chi connectivity index (χ0v) is 44.2. The first kappa shape index (κ1) is 60.4. The number of hydrogen-bond donors (Lipinski definition) is 5. The van der Waals surface area contributed by atoms with E-state index in [2.05, 4.69) is 56.9 Å². The van der Waals surface area contributed by atoms with E-state index in [9.17, 15) is 59.4 Å². The fourth-order valence-electron chi connectivity index (χ4n) is 9.50. The number of ether oxygens (including phenoxy) is 3. The first-order valence-electron chi connectivity index (χ1n) is 25.1. The minimum atomic E-state index is -5.17. The molecule has 7 rings (SSSR count). The second-order valence-corrected chi connectivity index (χ2v) is 20.7. The van der Waals surface area contributed by atoms with Crippen LogP contribution in [-0.4, -0.2) is 161 Å². The number of benzene rings is 2. The lowest BCUT2D eigenvalue weighted by Gasteiger charge is -2.47. The molecule has 2 bridgehead atoms. The number of hydrazine groups is 1. The van der Waals surface area contributed by atoms with E-state index in [4.69, 9.17) is 4.74 Å². The molecule has 434 valence electrons. The maximum Gasteiger partial charge on any atom is 0.407 e. The molecule has 28 heteroatoms. The van der Waals surface area contributed by atoms with E-state index in [1.807, 2.05) is 10.6 Å². The number of hydrogen-bond acceptors (Lipinski definition) is 14. The van der Waals surface area contributed by atoms with Crippen molar-refractivity contribution in [2.45, 2.75) is 115 Å². The molecule has 6 atom stereocenters. The number of aliphatic hydroxyl groups is 1. The Morgan fingerprint density at radius 2 is 1.35 bits per heavy atom. The second-order valence-electron chi connectivity index (χ2n) is 20.7. The summed E-state index contributed by atoms with van der Waals surface area (Å²) in [4.78, 5) is 66.8. The van der Waals surface area contributed by atoms with Crippen LogP contribution in [0.4, 0.5) is 55.1 Å². The van der Waals surface area contributed by atoms with Crippen LogP contribution in [0.2, 0.25) is 0 Å². The van der Waals surface area contributed by atoms with Gasteiger partial charge in [0.15, 0.2) is 0 Å². The lowest BCUT2D eigenvalue weighted by atomic mass is 9.82. The Kier molecular flexibility index (Phi) is 18.6. The summed E-state index contributed by atoms with van der Waals surface area (Å²) in [5.74, 6) is 2.45. The molecule has 3 aliphatic rings. The minimum absolute atomic E-state index is 0.00174. The number of aromatic nitrogens is 4. The first-order chi connectivity index (χ1) is 37.6. The van der Waals surface area contributed by atoms with Crippen LogP contribution < -0.4 is 26.3 Å². The highest BCUT2D eigenvalue weighted by Gasteiger charge is 2.57. The van der Waals surface area contributed by atoms with E-state index in [1.165, 1.54) is 24.3 Å². The minimum Gasteiger partial charge on any atom is -0.453 e. The average Bonchev–Trinajstić information content (AvgIpc) is 4.10. The first-order valence-corrected chi connectivity index (χ1v) is 25.1. The highest BCUT2D eigenvalue weighted by molar-refractivity contribution is 5.87. The number of nitrogens with zero attached hydrogens (tertiary/aromatic N) is 7. The van der Waals surface area contributed by atoms with Crippen LogP contribution in [0.3, 0.4) is 0 Å². The lowest BCUT2D eigenvalue weighted by Crippen LogP contribution is -2.63. The number of amides is 4. The van der Waals surface area contributed by atoms with Gasteiger partial charge in [0.05, 0.1) is 67.7 Å². The Hall–Kier alpha value is -7.22. The summed E-state index contributed by atoms with van der Waals surface area (Å²) >= 11 is 0. The van der Waals surface area contributed by atoms with Gasteiger partial charge in [0.25, 0.3) is 5.91 Å². The summed E-state index contributed by atoms with van der Waals surface area (Å²) in [6.07, 6.45) is -9.33. The molecule has 0 radical (unpaired) electrons. The number of methoxy groups -OCH3 is 2. The van der Waals surface area contributed by atoms with Crippen molar-refractivity contribution in [1.29, 1.82) is 0 Å². The average molecular weight is 1140 g/mol. The number of halogens is 9. The number of carbonyl (C=O) groups excluding carboxylic acids is 4. The molecule has 4 aromatic rings. The SMILES string of the molecule is COC(=O)N[C@H](C(=O)N[C@@H](Cc1ccc(C#Cc2cnc(N3CC4CCC(C3)N4C3COC3)nc2)cc1)[C@@H](O)CN(Cc1ccc(-c2ccn(C(F)F)n2)cc1F)NC(=O)[C@@H](NC(=O)OC)C(C)(C)C(F)(F)F)C(C)(C)C(F)(F)F. The third kappa shape index (κ3) is 14.0. The van der Waals surface area contributed by atoms with Crippen molar-refractivity contribution in [2.75, 3.05) is 52.0 Å². The third-order valence-electron chi connectivity index (χ3n) is 14.6. The number of piperazine rings is 1. The zero-order valence-electron chi connectivity index (χ0n) is 44.2. The Labute approximate surface area is 453 Å². The quantitative estimate of drug-likeness (QED) is 0.0422. The van der Waals surface area contributed by atoms with Crippen molar-refractivity contribution in [2.24, 2.45) is 10.8 Å². The van der Waals surface area contributed by atoms with Crippen molar-refractivity contribution < 1.29 is 78.0 Å². The molecule has 3 saturated heterocycles. The summed E-state index contributed by atoms with van der Waals surface area (Å²) in [5, 5.41) is 22.6. The molecule has 80 heavy (non-hydrogen) atoms. The van der Waals surface area contributed by atoms with Crippen LogP contribution in [0.5, 0.6) is 0 Å². The Balaban J connectivity index is 1.17. The van der Waals surface area contributed by atoms with Gasteiger partial charge in [-0.1, -0.05) is 36.1 Å². The van der Waals surface area contributed by atoms with E-state index in [0.717, 1.165) is 76.7 Å². The van der Waals surface area contributed by atoms with Crippen LogP contribution in [0, 0.1) is 28.5 Å². The molecular formula is C52H60F9N11O8. The molecule has 3 fully saturated rings. The summed E-state index contributed by atoms with van der Waals surface area (Å²) in [6, 6.07) is 5.23. The van der Waals surface area contributed by atoms with Gasteiger partial charge in [-0.2, -0.15) is 40.2 Å². The molecule has 2 aromatic carbocycles. The number of aliphatic hydroxyl groups excluding tert-OH is 1. The summed E-state index contributed by atoms with van der Waals surface area (Å²) in [5.41, 5.74) is -3.00. The fraction of sp³-hybridized carbons (Fsp3) is 0.519. The maximum atomic E-state index is 16.0. The molecule has 19 nitrogen and oxygen atoms in total. The molecule has 3 aliphatic heterocycles. The Morgan fingerprint density at radius 1 is 0.787 bits per heavy atom. The zero-order chi connectivity index (χ0) is 58.5. The summed E-state index contributed by atoms with van der Waals surface area (Å²) < 4.78 is 145. The smallest absolute Gasteiger partial charge is 0.407 e. The van der Waals surface area contributed by atoms with Gasteiger partial charge >= 0.3 is 31.1 Å². The Morgan fingerprint density at radius 3 is 1.85 bits per heavy atom. The number of rotatable bonds is 19. The number of fused-ring (bicyclic) bond motifs is 2. The number of alkyl carbamates (subject to hydrolysis) is 2. The van der Waals surface area contributed by atoms with Crippen molar-refractivity contribution in [3.8, 4) is 23.1 Å². The molecule has 4 amide bonds. The number of anilines is 1. The van der Waals surface area contributed by atoms with Crippen LogP contribution in [0.1, 0.15) is 69.3 Å². The van der Waals surface area contributed by atoms with Gasteiger partial charge in [-0.25, -0.2) is 33.6 Å². The van der Waals surface area contributed by atoms with Crippen LogP contribution >= 0.6 is 0 Å². The van der Waals surface area contributed by atoms with E-state index in [0.29, 0.717) is 73.1 Å². The van der Waals surface area contributed by atoms with E-state index in [1.54, 1.807) is 24.5 Å². The summed E-state index contributed by atoms with van der Waals surface area (Å²) in [6.45, 7) is 0.718. The molecule has 2 aromatic heterocycles. The number of carbonyl (C=O) groups is 4. The Bertz CT molecular complexity index is 2880. The van der Waals surface area contributed by atoms with Gasteiger partial charge in [0.2, 0.25) is 11.9 Å². The molecular weight excluding hydrogens is 1080 g/mol. The van der Waals surface area contributed by atoms with Crippen LogP contribution in [-0.2, 0) is 36.8 Å². The molecule has 5 heterocycles. The van der Waals surface area contributed by atoms with Gasteiger partial charge in [-0.05, 0) is 76.8 Å². The van der Waals surface area contributed by atoms with E-state index < -0.39 is 103 Å². The van der Waals surface area contributed by atoms with E-state index >= 15 is 4.39 Å². The highest BCUT2D eigenvalue weighted by Crippen LogP contribution is 2.42. The van der Waals surface area contributed by atoms with Gasteiger partial charge < -0.3 is 40.2 Å². The van der Waals surface area contributed by atoms with Gasteiger partial charge in [-0.15, -0.1) is 0 Å². The number of alkyl halides is 8. The molecule has 0 spiro atoms. The predicted molar refractivity (Wildman–Crippen MR) is 267 cm³/mol.